The summed E-state index contributed by atoms with van der Waals surface area (Å²) in [5.41, 5.74) is 9.20. The zero-order chi connectivity index (χ0) is 20.2. The number of nitrogens with one attached hydrogen (secondary N) is 2. The number of hydrogen-bond donors (Lipinski definition) is 3. The maximum Gasteiger partial charge on any atom is 0.255 e. The summed E-state index contributed by atoms with van der Waals surface area (Å²) in [5, 5.41) is 6.30. The van der Waals surface area contributed by atoms with E-state index >= 15 is 0 Å². The fourth-order valence-corrected chi connectivity index (χ4v) is 2.68. The number of nitrogens with two attached hydrogens (primary N) is 1. The highest BCUT2D eigenvalue weighted by Crippen LogP contribution is 2.14. The van der Waals surface area contributed by atoms with Crippen LogP contribution in [0.2, 0.25) is 0 Å². The van der Waals surface area contributed by atoms with Crippen molar-refractivity contribution in [3.8, 4) is 0 Å². The van der Waals surface area contributed by atoms with E-state index in [1.54, 1.807) is 6.08 Å². The lowest BCUT2D eigenvalue weighted by Crippen LogP contribution is -2.12. The summed E-state index contributed by atoms with van der Waals surface area (Å²) in [7, 11) is 0. The predicted octanol–water partition coefficient (Wildman–Crippen LogP) is 4.76. The number of carbonyl (C=O) groups excluding carboxylic acids is 1. The lowest BCUT2D eigenvalue weighted by molar-refractivity contribution is 0.102. The number of rotatable bonds is 11. The molecule has 5 nitrogen and oxygen atoms in total. The molecule has 5 heteroatoms. The number of nitrogens with zero attached hydrogens (tertiary/aromatic N) is 1. The van der Waals surface area contributed by atoms with Gasteiger partial charge in [-0.1, -0.05) is 37.1 Å². The highest BCUT2D eigenvalue weighted by Gasteiger charge is 2.05. The van der Waals surface area contributed by atoms with E-state index in [9.17, 15) is 4.79 Å². The number of amides is 1. The Balaban J connectivity index is 1.66. The standard InChI is InChI=1S/C23H30N4O/c1-3-22(24)26-17-7-5-4-6-16-25-20-14-10-19(11-15-20)23(28)27-21-12-8-18(2)9-13-21/h3,8-15,25H,1,4-7,16-17H2,2H3,(H2,24,26)(H,27,28). The highest BCUT2D eigenvalue weighted by atomic mass is 16.1. The SMILES string of the molecule is C=CC(N)=NCCCCCCNc1ccc(C(=O)Nc2ccc(C)cc2)cc1. The van der Waals surface area contributed by atoms with E-state index in [0.717, 1.165) is 50.1 Å². The molecule has 0 aliphatic heterocycles. The molecular weight excluding hydrogens is 348 g/mol. The van der Waals surface area contributed by atoms with E-state index in [1.165, 1.54) is 5.56 Å². The van der Waals surface area contributed by atoms with Gasteiger partial charge in [-0.25, -0.2) is 0 Å². The number of hydrogen-bond acceptors (Lipinski definition) is 3. The molecule has 0 fully saturated rings. The quantitative estimate of drug-likeness (QED) is 0.299. The summed E-state index contributed by atoms with van der Waals surface area (Å²) in [6.45, 7) is 7.27. The van der Waals surface area contributed by atoms with Gasteiger partial charge >= 0.3 is 0 Å². The molecular formula is C23H30N4O. The second-order valence-electron chi connectivity index (χ2n) is 6.75. The third-order valence-corrected chi connectivity index (χ3v) is 4.37. The third-order valence-electron chi connectivity index (χ3n) is 4.37. The van der Waals surface area contributed by atoms with E-state index < -0.39 is 0 Å². The fraction of sp³-hybridized carbons (Fsp3) is 0.304. The largest absolute Gasteiger partial charge is 0.385 e. The Morgan fingerprint density at radius 2 is 1.64 bits per heavy atom. The van der Waals surface area contributed by atoms with Crippen molar-refractivity contribution in [2.24, 2.45) is 10.7 Å². The van der Waals surface area contributed by atoms with Gasteiger partial charge in [-0.15, -0.1) is 0 Å². The average molecular weight is 379 g/mol. The third kappa shape index (κ3) is 7.66. The number of anilines is 2. The summed E-state index contributed by atoms with van der Waals surface area (Å²) in [4.78, 5) is 16.5. The second-order valence-corrected chi connectivity index (χ2v) is 6.75. The number of carbonyl (C=O) groups is 1. The molecule has 4 N–H and O–H groups in total. The van der Waals surface area contributed by atoms with Gasteiger partial charge in [0.1, 0.15) is 5.84 Å². The first-order chi connectivity index (χ1) is 13.6. The molecule has 2 aromatic rings. The van der Waals surface area contributed by atoms with Crippen LogP contribution in [0.1, 0.15) is 41.6 Å². The molecule has 0 aromatic heterocycles. The van der Waals surface area contributed by atoms with Crippen molar-refractivity contribution in [2.75, 3.05) is 23.7 Å². The number of aliphatic imine (C=N–C) groups is 1. The van der Waals surface area contributed by atoms with Gasteiger partial charge < -0.3 is 16.4 Å². The summed E-state index contributed by atoms with van der Waals surface area (Å²) in [5.74, 6) is 0.410. The smallest absolute Gasteiger partial charge is 0.255 e. The van der Waals surface area contributed by atoms with Crippen LogP contribution >= 0.6 is 0 Å². The van der Waals surface area contributed by atoms with Crippen LogP contribution in [-0.2, 0) is 0 Å². The molecule has 0 radical (unpaired) electrons. The van der Waals surface area contributed by atoms with Crippen LogP contribution in [0.25, 0.3) is 0 Å². The first-order valence-corrected chi connectivity index (χ1v) is 9.73. The Hall–Kier alpha value is -3.08. The average Bonchev–Trinajstić information content (AvgIpc) is 2.71. The first kappa shape index (κ1) is 21.2. The van der Waals surface area contributed by atoms with Crippen LogP contribution in [-0.4, -0.2) is 24.8 Å². The zero-order valence-electron chi connectivity index (χ0n) is 16.6. The minimum Gasteiger partial charge on any atom is -0.385 e. The Morgan fingerprint density at radius 3 is 2.32 bits per heavy atom. The molecule has 0 saturated carbocycles. The van der Waals surface area contributed by atoms with Crippen molar-refractivity contribution >= 4 is 23.1 Å². The minimum atomic E-state index is -0.102. The van der Waals surface area contributed by atoms with E-state index in [0.29, 0.717) is 11.4 Å². The molecule has 0 atom stereocenters. The van der Waals surface area contributed by atoms with Crippen LogP contribution < -0.4 is 16.4 Å². The summed E-state index contributed by atoms with van der Waals surface area (Å²) < 4.78 is 0. The molecule has 0 saturated heterocycles. The topological polar surface area (TPSA) is 79.5 Å². The molecule has 0 aliphatic rings. The molecule has 0 spiro atoms. The number of benzene rings is 2. The van der Waals surface area contributed by atoms with E-state index in [2.05, 4.69) is 22.2 Å². The normalized spacial score (nSPS) is 11.1. The number of aryl methyl sites for hydroxylation is 1. The molecule has 148 valence electrons. The van der Waals surface area contributed by atoms with Gasteiger partial charge in [0, 0.05) is 30.0 Å². The van der Waals surface area contributed by atoms with Crippen molar-refractivity contribution in [1.82, 2.24) is 0 Å². The van der Waals surface area contributed by atoms with Gasteiger partial charge in [-0.2, -0.15) is 0 Å². The van der Waals surface area contributed by atoms with E-state index in [1.807, 2.05) is 55.5 Å². The van der Waals surface area contributed by atoms with Gasteiger partial charge in [0.2, 0.25) is 0 Å². The Bertz CT molecular complexity index is 779. The van der Waals surface area contributed by atoms with Crippen molar-refractivity contribution in [3.05, 3.63) is 72.3 Å². The summed E-state index contributed by atoms with van der Waals surface area (Å²) in [6.07, 6.45) is 5.98. The van der Waals surface area contributed by atoms with Crippen LogP contribution in [0, 0.1) is 6.92 Å². The van der Waals surface area contributed by atoms with Crippen molar-refractivity contribution in [3.63, 3.8) is 0 Å². The summed E-state index contributed by atoms with van der Waals surface area (Å²) >= 11 is 0. The zero-order valence-corrected chi connectivity index (χ0v) is 16.6. The van der Waals surface area contributed by atoms with Crippen molar-refractivity contribution in [1.29, 1.82) is 0 Å². The molecule has 0 heterocycles. The Kier molecular flexibility index (Phi) is 8.79. The molecule has 0 aliphatic carbocycles. The van der Waals surface area contributed by atoms with Crippen molar-refractivity contribution in [2.45, 2.75) is 32.6 Å². The second kappa shape index (κ2) is 11.6. The van der Waals surface area contributed by atoms with Gasteiger partial charge in [-0.3, -0.25) is 9.79 Å². The van der Waals surface area contributed by atoms with Gasteiger partial charge in [0.25, 0.3) is 5.91 Å². The monoisotopic (exact) mass is 378 g/mol. The first-order valence-electron chi connectivity index (χ1n) is 9.73. The van der Waals surface area contributed by atoms with Crippen LogP contribution in [0.5, 0.6) is 0 Å². The number of unbranched alkanes of at least 4 members (excludes halogenated alkanes) is 3. The molecule has 2 rings (SSSR count). The summed E-state index contributed by atoms with van der Waals surface area (Å²) in [6, 6.07) is 15.3. The Labute approximate surface area is 167 Å². The maximum absolute atomic E-state index is 12.3. The lowest BCUT2D eigenvalue weighted by Gasteiger charge is -2.08. The highest BCUT2D eigenvalue weighted by molar-refractivity contribution is 6.04. The molecule has 1 amide bonds. The van der Waals surface area contributed by atoms with E-state index in [-0.39, 0.29) is 5.91 Å². The fourth-order valence-electron chi connectivity index (χ4n) is 2.68. The Morgan fingerprint density at radius 1 is 1.00 bits per heavy atom. The number of amidine groups is 1. The van der Waals surface area contributed by atoms with Crippen LogP contribution in [0.4, 0.5) is 11.4 Å². The predicted molar refractivity (Wildman–Crippen MR) is 119 cm³/mol. The van der Waals surface area contributed by atoms with Gasteiger partial charge in [0.15, 0.2) is 0 Å². The van der Waals surface area contributed by atoms with Crippen molar-refractivity contribution < 1.29 is 4.79 Å². The van der Waals surface area contributed by atoms with Crippen LogP contribution in [0.3, 0.4) is 0 Å². The molecule has 2 aromatic carbocycles. The van der Waals surface area contributed by atoms with Gasteiger partial charge in [-0.05, 0) is 62.2 Å². The molecule has 0 bridgehead atoms. The van der Waals surface area contributed by atoms with E-state index in [4.69, 9.17) is 5.73 Å². The minimum absolute atomic E-state index is 0.102. The molecule has 0 unspecified atom stereocenters. The lowest BCUT2D eigenvalue weighted by atomic mass is 10.1. The van der Waals surface area contributed by atoms with Gasteiger partial charge in [0.05, 0.1) is 0 Å². The van der Waals surface area contributed by atoms with Crippen LogP contribution in [0.15, 0.2) is 66.2 Å². The molecule has 28 heavy (non-hydrogen) atoms. The maximum atomic E-state index is 12.3.